The predicted octanol–water partition coefficient (Wildman–Crippen LogP) is 0.418. The van der Waals surface area contributed by atoms with E-state index in [0.29, 0.717) is 25.7 Å². The van der Waals surface area contributed by atoms with Gasteiger partial charge in [-0.25, -0.2) is 0 Å². The van der Waals surface area contributed by atoms with Gasteiger partial charge in [0.25, 0.3) is 12.3 Å². The highest BCUT2D eigenvalue weighted by atomic mass is 16.9. The van der Waals surface area contributed by atoms with Crippen LogP contribution in [0.25, 0.3) is 0 Å². The molecule has 0 radical (unpaired) electrons. The minimum atomic E-state index is -1.89. The van der Waals surface area contributed by atoms with E-state index < -0.39 is 59.6 Å². The molecule has 0 spiro atoms. The molecule has 7 fully saturated rings. The molecule has 4 saturated carbocycles. The number of ether oxygens (including phenoxy) is 4. The van der Waals surface area contributed by atoms with Gasteiger partial charge in [-0.2, -0.15) is 0 Å². The Hall–Kier alpha value is -1.88. The molecule has 4 bridgehead atoms. The molecule has 0 aromatic carbocycles. The highest BCUT2D eigenvalue weighted by molar-refractivity contribution is 5.97. The Morgan fingerprint density at radius 2 is 1.58 bits per heavy atom. The first kappa shape index (κ1) is 23.3. The Morgan fingerprint density at radius 1 is 0.972 bits per heavy atom. The quantitative estimate of drug-likeness (QED) is 0.233. The third-order valence-electron chi connectivity index (χ3n) is 11.5. The number of cyclic esters (lactones) is 2. The predicted molar refractivity (Wildman–Crippen MR) is 116 cm³/mol. The van der Waals surface area contributed by atoms with Crippen LogP contribution in [0, 0.1) is 65.1 Å². The summed E-state index contributed by atoms with van der Waals surface area (Å²) in [6.45, 7) is 6.14. The Labute approximate surface area is 208 Å². The highest BCUT2D eigenvalue weighted by Crippen LogP contribution is 2.69. The highest BCUT2D eigenvalue weighted by Gasteiger charge is 2.83. The fourth-order valence-electron chi connectivity index (χ4n) is 10.0. The second-order valence-corrected chi connectivity index (χ2v) is 12.3. The lowest BCUT2D eigenvalue weighted by atomic mass is 9.59. The van der Waals surface area contributed by atoms with E-state index in [9.17, 15) is 29.4 Å². The van der Waals surface area contributed by atoms with E-state index in [1.807, 2.05) is 13.8 Å². The fraction of sp³-hybridized carbons (Fsp3) is 0.846. The number of rotatable bonds is 5. The number of aliphatic hydroxyl groups excluding tert-OH is 1. The summed E-state index contributed by atoms with van der Waals surface area (Å²) in [7, 11) is 0. The Bertz CT molecular complexity index is 1060. The van der Waals surface area contributed by atoms with Crippen LogP contribution in [-0.4, -0.2) is 64.3 Å². The van der Waals surface area contributed by atoms with Gasteiger partial charge in [0.05, 0.1) is 30.0 Å². The van der Waals surface area contributed by atoms with Crippen molar-refractivity contribution in [1.82, 2.24) is 0 Å². The average Bonchev–Trinajstić information content (AvgIpc) is 3.31. The van der Waals surface area contributed by atoms with Crippen molar-refractivity contribution >= 4 is 24.2 Å². The molecular weight excluding hydrogens is 472 g/mol. The van der Waals surface area contributed by atoms with Crippen LogP contribution in [0.2, 0.25) is 0 Å². The zero-order chi connectivity index (χ0) is 25.5. The molecule has 3 aliphatic heterocycles. The molecule has 7 rings (SSSR count). The fourth-order valence-corrected chi connectivity index (χ4v) is 10.0. The second kappa shape index (κ2) is 7.15. The first-order valence-electron chi connectivity index (χ1n) is 13.3. The van der Waals surface area contributed by atoms with Crippen molar-refractivity contribution in [3.8, 4) is 0 Å². The number of Topliss-reactive ketones (excluding diaryl/α,β-unsaturated/α-hetero) is 1. The third-order valence-corrected chi connectivity index (χ3v) is 11.5. The van der Waals surface area contributed by atoms with E-state index in [0.717, 1.165) is 0 Å². The lowest BCUT2D eigenvalue weighted by Gasteiger charge is -2.46. The number of aliphatic hydroxyl groups is 2. The van der Waals surface area contributed by atoms with Crippen LogP contribution in [0.3, 0.4) is 0 Å². The first-order valence-corrected chi connectivity index (χ1v) is 13.3. The average molecular weight is 505 g/mol. The van der Waals surface area contributed by atoms with Crippen molar-refractivity contribution in [2.75, 3.05) is 0 Å². The van der Waals surface area contributed by atoms with E-state index in [2.05, 4.69) is 0 Å². The molecule has 10 heteroatoms. The number of hydrogen-bond donors (Lipinski definition) is 2. The molecule has 196 valence electrons. The molecule has 0 aromatic rings. The van der Waals surface area contributed by atoms with Gasteiger partial charge in [0.2, 0.25) is 11.6 Å². The van der Waals surface area contributed by atoms with E-state index in [-0.39, 0.29) is 53.1 Å². The summed E-state index contributed by atoms with van der Waals surface area (Å²) in [6.07, 6.45) is -0.348. The van der Waals surface area contributed by atoms with Crippen LogP contribution >= 0.6 is 0 Å². The summed E-state index contributed by atoms with van der Waals surface area (Å²) in [4.78, 5) is 50.9. The van der Waals surface area contributed by atoms with Crippen LogP contribution in [0.1, 0.15) is 40.0 Å². The monoisotopic (exact) mass is 504 g/mol. The molecule has 7 aliphatic rings. The third kappa shape index (κ3) is 2.47. The smallest absolute Gasteiger partial charge is 0.317 e. The van der Waals surface area contributed by atoms with Crippen molar-refractivity contribution in [1.29, 1.82) is 0 Å². The van der Waals surface area contributed by atoms with Gasteiger partial charge in [0, 0.05) is 12.3 Å². The van der Waals surface area contributed by atoms with Gasteiger partial charge < -0.3 is 29.2 Å². The van der Waals surface area contributed by atoms with Gasteiger partial charge in [-0.05, 0) is 54.3 Å². The molecule has 4 aliphatic carbocycles. The van der Waals surface area contributed by atoms with Crippen LogP contribution in [-0.2, 0) is 38.1 Å². The summed E-state index contributed by atoms with van der Waals surface area (Å²) in [5.74, 6) is -7.72. The molecule has 0 aromatic heterocycles. The van der Waals surface area contributed by atoms with Crippen LogP contribution in [0.5, 0.6) is 0 Å². The summed E-state index contributed by atoms with van der Waals surface area (Å²) in [6, 6.07) is 0. The van der Waals surface area contributed by atoms with Crippen LogP contribution in [0.4, 0.5) is 0 Å². The van der Waals surface area contributed by atoms with E-state index in [4.69, 9.17) is 18.9 Å². The number of carbonyl (C=O) groups excluding carboxylic acids is 4. The summed E-state index contributed by atoms with van der Waals surface area (Å²) in [5.41, 5.74) is 0. The minimum Gasteiger partial charge on any atom is -0.462 e. The van der Waals surface area contributed by atoms with E-state index in [1.54, 1.807) is 6.92 Å². The zero-order valence-electron chi connectivity index (χ0n) is 20.4. The van der Waals surface area contributed by atoms with Crippen molar-refractivity contribution in [2.24, 2.45) is 65.1 Å². The van der Waals surface area contributed by atoms with Gasteiger partial charge in [-0.1, -0.05) is 20.8 Å². The van der Waals surface area contributed by atoms with Gasteiger partial charge in [0.15, 0.2) is 0 Å². The molecule has 2 N–H and O–H groups in total. The molecule has 3 saturated heterocycles. The van der Waals surface area contributed by atoms with E-state index in [1.165, 1.54) is 0 Å². The first-order chi connectivity index (χ1) is 17.1. The standard InChI is InChI=1S/C26H32O10/c1-4-25-26(32,36-25)22(29)16-10-5-12(20(16)35-25)14(8(10)2)17-18(24(31)34-23(17)30)15-9(3)11-6-13(15)21(19(11)28)33-7-27/h7-21,28,32H,4-6H2,1-3H3. The molecule has 16 unspecified atom stereocenters. The molecular formula is C26H32O10. The molecule has 0 amide bonds. The maximum atomic E-state index is 13.3. The topological polar surface area (TPSA) is 149 Å². The lowest BCUT2D eigenvalue weighted by Crippen LogP contribution is -2.57. The number of fused-ring (bicyclic) bond motifs is 8. The molecule has 10 nitrogen and oxygen atoms in total. The number of hydrogen-bond acceptors (Lipinski definition) is 10. The second-order valence-electron chi connectivity index (χ2n) is 12.3. The van der Waals surface area contributed by atoms with Gasteiger partial charge >= 0.3 is 11.9 Å². The summed E-state index contributed by atoms with van der Waals surface area (Å²) < 4.78 is 22.3. The van der Waals surface area contributed by atoms with Crippen LogP contribution < -0.4 is 0 Å². The Balaban J connectivity index is 1.22. The zero-order valence-corrected chi connectivity index (χ0v) is 20.4. The van der Waals surface area contributed by atoms with Gasteiger partial charge in [-0.15, -0.1) is 0 Å². The van der Waals surface area contributed by atoms with Crippen molar-refractivity contribution in [3.05, 3.63) is 0 Å². The minimum absolute atomic E-state index is 0.0464. The Morgan fingerprint density at radius 3 is 2.19 bits per heavy atom. The van der Waals surface area contributed by atoms with Crippen LogP contribution in [0.15, 0.2) is 0 Å². The van der Waals surface area contributed by atoms with Crippen molar-refractivity contribution < 1.29 is 48.3 Å². The largest absolute Gasteiger partial charge is 0.462 e. The molecule has 36 heavy (non-hydrogen) atoms. The van der Waals surface area contributed by atoms with Gasteiger partial charge in [0.1, 0.15) is 6.10 Å². The molecule has 16 atom stereocenters. The summed E-state index contributed by atoms with van der Waals surface area (Å²) in [5, 5.41) is 21.4. The normalized spacial score (nSPS) is 60.2. The SMILES string of the molecule is CCC12OC3C4CC(C(C)C4C4C(=O)OC(=O)C4C4C(C)C5CC4C(OC=O)C5O)C3C(=O)C1(O)O2. The molecule has 3 heterocycles. The number of epoxide rings is 1. The summed E-state index contributed by atoms with van der Waals surface area (Å²) >= 11 is 0. The number of esters is 2. The lowest BCUT2D eigenvalue weighted by molar-refractivity contribution is -0.190. The van der Waals surface area contributed by atoms with E-state index >= 15 is 0 Å². The maximum absolute atomic E-state index is 13.3. The number of ketones is 1. The maximum Gasteiger partial charge on any atom is 0.317 e. The van der Waals surface area contributed by atoms with Gasteiger partial charge in [-0.3, -0.25) is 19.2 Å². The van der Waals surface area contributed by atoms with Crippen molar-refractivity contribution in [2.45, 2.75) is 69.9 Å². The number of carbonyl (C=O) groups is 4. The van der Waals surface area contributed by atoms with Crippen molar-refractivity contribution in [3.63, 3.8) is 0 Å². The Kier molecular flexibility index (Phi) is 4.62.